The molecule has 8 nitrogen and oxygen atoms in total. The van der Waals surface area contributed by atoms with E-state index in [0.717, 1.165) is 23.2 Å². The highest BCUT2D eigenvalue weighted by molar-refractivity contribution is 7.89. The van der Waals surface area contributed by atoms with Gasteiger partial charge in [-0.05, 0) is 25.0 Å². The summed E-state index contributed by atoms with van der Waals surface area (Å²) in [5, 5.41) is 9.70. The number of hydrogen-bond donors (Lipinski definition) is 1. The maximum atomic E-state index is 12.5. The van der Waals surface area contributed by atoms with Crippen molar-refractivity contribution in [3.8, 4) is 0 Å². The first kappa shape index (κ1) is 18.9. The molecule has 1 aromatic heterocycles. The van der Waals surface area contributed by atoms with E-state index in [1.807, 2.05) is 17.6 Å². The SMILES string of the molecule is CCCS(=O)(=O)N1CCN(c2ccc3c(=O)c(C(=O)O)cn4c3c2CC4)CC1. The van der Waals surface area contributed by atoms with Gasteiger partial charge in [-0.1, -0.05) is 6.92 Å². The smallest absolute Gasteiger partial charge is 0.341 e. The first-order valence-electron chi connectivity index (χ1n) is 9.48. The Morgan fingerprint density at radius 1 is 1.14 bits per heavy atom. The van der Waals surface area contributed by atoms with E-state index in [4.69, 9.17) is 0 Å². The van der Waals surface area contributed by atoms with Crippen LogP contribution in [0.25, 0.3) is 10.9 Å². The molecule has 2 aliphatic heterocycles. The minimum atomic E-state index is -3.19. The summed E-state index contributed by atoms with van der Waals surface area (Å²) in [5.74, 6) is -1.04. The Hall–Kier alpha value is -2.39. The van der Waals surface area contributed by atoms with Crippen LogP contribution in [-0.4, -0.2) is 60.3 Å². The molecule has 0 bridgehead atoms. The molecule has 1 N–H and O–H groups in total. The van der Waals surface area contributed by atoms with Crippen molar-refractivity contribution in [1.29, 1.82) is 0 Å². The van der Waals surface area contributed by atoms with Gasteiger partial charge in [0.15, 0.2) is 0 Å². The highest BCUT2D eigenvalue weighted by atomic mass is 32.2. The van der Waals surface area contributed by atoms with Crippen LogP contribution in [0.5, 0.6) is 0 Å². The van der Waals surface area contributed by atoms with Crippen LogP contribution in [0, 0.1) is 0 Å². The minimum Gasteiger partial charge on any atom is -0.477 e. The maximum absolute atomic E-state index is 12.5. The van der Waals surface area contributed by atoms with E-state index in [1.54, 1.807) is 10.4 Å². The number of carboxylic acids is 1. The summed E-state index contributed by atoms with van der Waals surface area (Å²) < 4.78 is 28.0. The van der Waals surface area contributed by atoms with Gasteiger partial charge in [-0.2, -0.15) is 4.31 Å². The van der Waals surface area contributed by atoms with Crippen molar-refractivity contribution in [3.63, 3.8) is 0 Å². The molecule has 0 amide bonds. The summed E-state index contributed by atoms with van der Waals surface area (Å²) in [4.78, 5) is 26.0. The lowest BCUT2D eigenvalue weighted by Gasteiger charge is -2.36. The molecule has 0 spiro atoms. The van der Waals surface area contributed by atoms with Crippen LogP contribution in [0.1, 0.15) is 29.3 Å². The van der Waals surface area contributed by atoms with Gasteiger partial charge in [0, 0.05) is 55.6 Å². The molecular weight excluding hydrogens is 382 g/mol. The largest absolute Gasteiger partial charge is 0.477 e. The summed E-state index contributed by atoms with van der Waals surface area (Å²) in [6, 6.07) is 3.57. The number of rotatable bonds is 5. The number of anilines is 1. The van der Waals surface area contributed by atoms with Crippen molar-refractivity contribution in [2.75, 3.05) is 36.8 Å². The van der Waals surface area contributed by atoms with Gasteiger partial charge in [-0.15, -0.1) is 0 Å². The zero-order chi connectivity index (χ0) is 20.1. The number of carboxylic acid groups (broad SMARTS) is 1. The third kappa shape index (κ3) is 2.98. The molecule has 0 radical (unpaired) electrons. The number of aromatic nitrogens is 1. The number of carbonyl (C=O) groups is 1. The molecule has 1 fully saturated rings. The summed E-state index contributed by atoms with van der Waals surface area (Å²) in [5.41, 5.74) is 2.19. The molecular formula is C19H23N3O5S. The number of nitrogens with zero attached hydrogens (tertiary/aromatic N) is 3. The van der Waals surface area contributed by atoms with E-state index in [9.17, 15) is 23.1 Å². The first-order valence-corrected chi connectivity index (χ1v) is 11.1. The molecule has 28 heavy (non-hydrogen) atoms. The number of aryl methyl sites for hydroxylation is 2. The molecule has 1 aromatic carbocycles. The van der Waals surface area contributed by atoms with E-state index in [1.165, 1.54) is 6.20 Å². The lowest BCUT2D eigenvalue weighted by molar-refractivity contribution is 0.0695. The van der Waals surface area contributed by atoms with E-state index in [0.29, 0.717) is 44.5 Å². The van der Waals surface area contributed by atoms with Crippen molar-refractivity contribution < 1.29 is 18.3 Å². The lowest BCUT2D eigenvalue weighted by atomic mass is 10.0. The van der Waals surface area contributed by atoms with Crippen LogP contribution < -0.4 is 10.3 Å². The summed E-state index contributed by atoms with van der Waals surface area (Å²) in [7, 11) is -3.19. The molecule has 9 heteroatoms. The average molecular weight is 405 g/mol. The molecule has 4 rings (SSSR count). The topological polar surface area (TPSA) is 99.9 Å². The number of piperazine rings is 1. The zero-order valence-corrected chi connectivity index (χ0v) is 16.5. The second-order valence-corrected chi connectivity index (χ2v) is 9.37. The standard InChI is InChI=1S/C19H23N3O5S/c1-2-11-28(26,27)22-9-7-20(8-10-22)16-4-3-14-17-13(16)5-6-21(17)12-15(18(14)23)19(24)25/h3-4,12H,2,5-11H2,1H3,(H,24,25). The average Bonchev–Trinajstić information content (AvgIpc) is 3.09. The summed E-state index contributed by atoms with van der Waals surface area (Å²) in [6.45, 7) is 4.58. The van der Waals surface area contributed by atoms with Crippen molar-refractivity contribution in [3.05, 3.63) is 39.7 Å². The monoisotopic (exact) mass is 405 g/mol. The molecule has 2 aliphatic rings. The van der Waals surface area contributed by atoms with Crippen LogP contribution in [0.3, 0.4) is 0 Å². The highest BCUT2D eigenvalue weighted by Gasteiger charge is 2.29. The van der Waals surface area contributed by atoms with Crippen LogP contribution in [0.15, 0.2) is 23.1 Å². The van der Waals surface area contributed by atoms with Crippen LogP contribution in [-0.2, 0) is 23.0 Å². The summed E-state index contributed by atoms with van der Waals surface area (Å²) >= 11 is 0. The number of aromatic carboxylic acids is 1. The van der Waals surface area contributed by atoms with Gasteiger partial charge in [0.1, 0.15) is 5.56 Å². The lowest BCUT2D eigenvalue weighted by Crippen LogP contribution is -2.49. The van der Waals surface area contributed by atoms with E-state index < -0.39 is 21.4 Å². The molecule has 0 unspecified atom stereocenters. The van der Waals surface area contributed by atoms with Gasteiger partial charge in [0.05, 0.1) is 11.3 Å². The van der Waals surface area contributed by atoms with Crippen molar-refractivity contribution >= 4 is 32.6 Å². The molecule has 2 aromatic rings. The van der Waals surface area contributed by atoms with Gasteiger partial charge in [0.2, 0.25) is 15.5 Å². The predicted octanol–water partition coefficient (Wildman–Crippen LogP) is 1.12. The van der Waals surface area contributed by atoms with Crippen molar-refractivity contribution in [1.82, 2.24) is 8.87 Å². The molecule has 1 saturated heterocycles. The van der Waals surface area contributed by atoms with Crippen LogP contribution >= 0.6 is 0 Å². The molecule has 3 heterocycles. The second-order valence-electron chi connectivity index (χ2n) is 7.28. The quantitative estimate of drug-likeness (QED) is 0.800. The Morgan fingerprint density at radius 3 is 2.50 bits per heavy atom. The van der Waals surface area contributed by atoms with E-state index in [2.05, 4.69) is 4.90 Å². The second kappa shape index (κ2) is 6.89. The Balaban J connectivity index is 1.67. The van der Waals surface area contributed by atoms with Crippen LogP contribution in [0.2, 0.25) is 0 Å². The van der Waals surface area contributed by atoms with Crippen LogP contribution in [0.4, 0.5) is 5.69 Å². The maximum Gasteiger partial charge on any atom is 0.341 e. The number of benzene rings is 1. The van der Waals surface area contributed by atoms with Gasteiger partial charge >= 0.3 is 5.97 Å². The van der Waals surface area contributed by atoms with E-state index in [-0.39, 0.29) is 11.3 Å². The fraction of sp³-hybridized carbons (Fsp3) is 0.474. The van der Waals surface area contributed by atoms with Crippen molar-refractivity contribution in [2.45, 2.75) is 26.3 Å². The fourth-order valence-corrected chi connectivity index (χ4v) is 5.75. The van der Waals surface area contributed by atoms with Gasteiger partial charge < -0.3 is 14.6 Å². The highest BCUT2D eigenvalue weighted by Crippen LogP contribution is 2.33. The Kier molecular flexibility index (Phi) is 4.67. The Morgan fingerprint density at radius 2 is 1.86 bits per heavy atom. The van der Waals surface area contributed by atoms with Gasteiger partial charge in [-0.25, -0.2) is 13.2 Å². The number of pyridine rings is 1. The molecule has 0 aliphatic carbocycles. The van der Waals surface area contributed by atoms with Gasteiger partial charge in [-0.3, -0.25) is 4.79 Å². The minimum absolute atomic E-state index is 0.173. The summed E-state index contributed by atoms with van der Waals surface area (Å²) in [6.07, 6.45) is 2.76. The fourth-order valence-electron chi connectivity index (χ4n) is 4.26. The Labute approximate surface area is 163 Å². The third-order valence-electron chi connectivity index (χ3n) is 5.59. The predicted molar refractivity (Wildman–Crippen MR) is 107 cm³/mol. The van der Waals surface area contributed by atoms with Gasteiger partial charge in [0.25, 0.3) is 0 Å². The third-order valence-corrected chi connectivity index (χ3v) is 7.66. The Bertz CT molecular complexity index is 1110. The molecule has 0 atom stereocenters. The first-order chi connectivity index (χ1) is 13.3. The normalized spacial score (nSPS) is 17.4. The zero-order valence-electron chi connectivity index (χ0n) is 15.7. The van der Waals surface area contributed by atoms with E-state index >= 15 is 0 Å². The van der Waals surface area contributed by atoms with Crippen molar-refractivity contribution in [2.24, 2.45) is 0 Å². The molecule has 0 saturated carbocycles. The number of sulfonamides is 1. The molecule has 150 valence electrons. The number of hydrogen-bond acceptors (Lipinski definition) is 5.